The standard InChI is InChI=1S/C15H28O2/c1-5-9-11-13-15(8-4,12-10-6-2)17-14(16)7-3/h7H,3,5-6,8-13H2,1-2,4H3. The van der Waals surface area contributed by atoms with Crippen molar-refractivity contribution in [2.75, 3.05) is 0 Å². The van der Waals surface area contributed by atoms with Gasteiger partial charge in [-0.15, -0.1) is 0 Å². The van der Waals surface area contributed by atoms with E-state index in [0.717, 1.165) is 38.5 Å². The van der Waals surface area contributed by atoms with Crippen LogP contribution >= 0.6 is 0 Å². The third kappa shape index (κ3) is 6.50. The maximum Gasteiger partial charge on any atom is 0.330 e. The van der Waals surface area contributed by atoms with E-state index in [-0.39, 0.29) is 11.6 Å². The smallest absolute Gasteiger partial charge is 0.330 e. The van der Waals surface area contributed by atoms with Crippen LogP contribution < -0.4 is 0 Å². The third-order valence-electron chi connectivity index (χ3n) is 3.35. The van der Waals surface area contributed by atoms with E-state index in [4.69, 9.17) is 4.74 Å². The van der Waals surface area contributed by atoms with Crippen LogP contribution in [0.4, 0.5) is 0 Å². The molecule has 0 aliphatic carbocycles. The minimum atomic E-state index is -0.278. The Bertz CT molecular complexity index is 223. The van der Waals surface area contributed by atoms with Crippen LogP contribution in [0.3, 0.4) is 0 Å². The van der Waals surface area contributed by atoms with Crippen LogP contribution in [-0.4, -0.2) is 11.6 Å². The second-order valence-electron chi connectivity index (χ2n) is 4.72. The summed E-state index contributed by atoms with van der Waals surface area (Å²) in [5, 5.41) is 0. The Labute approximate surface area is 106 Å². The number of carbonyl (C=O) groups excluding carboxylic acids is 1. The molecule has 0 aromatic heterocycles. The number of rotatable bonds is 10. The zero-order valence-electron chi connectivity index (χ0n) is 11.8. The molecule has 0 amide bonds. The van der Waals surface area contributed by atoms with Crippen molar-refractivity contribution in [2.45, 2.75) is 77.7 Å². The Hall–Kier alpha value is -0.790. The molecule has 0 aliphatic heterocycles. The van der Waals surface area contributed by atoms with E-state index in [1.165, 1.54) is 18.9 Å². The summed E-state index contributed by atoms with van der Waals surface area (Å²) in [5.74, 6) is -0.278. The van der Waals surface area contributed by atoms with Crippen molar-refractivity contribution < 1.29 is 9.53 Å². The second-order valence-corrected chi connectivity index (χ2v) is 4.72. The minimum absolute atomic E-state index is 0.254. The third-order valence-corrected chi connectivity index (χ3v) is 3.35. The molecule has 0 heterocycles. The monoisotopic (exact) mass is 240 g/mol. The SMILES string of the molecule is C=CC(=O)OC(CC)(CCCC)CCCCC. The summed E-state index contributed by atoms with van der Waals surface area (Å²) in [6.07, 6.45) is 9.93. The number of hydrogen-bond acceptors (Lipinski definition) is 2. The highest BCUT2D eigenvalue weighted by Crippen LogP contribution is 2.30. The normalized spacial score (nSPS) is 14.1. The molecule has 0 saturated carbocycles. The van der Waals surface area contributed by atoms with Crippen LogP contribution in [0, 0.1) is 0 Å². The van der Waals surface area contributed by atoms with Gasteiger partial charge in [-0.1, -0.05) is 46.6 Å². The minimum Gasteiger partial charge on any atom is -0.456 e. The predicted octanol–water partition coefficient (Wildman–Crippen LogP) is 4.63. The molecule has 0 spiro atoms. The first kappa shape index (κ1) is 16.2. The van der Waals surface area contributed by atoms with E-state index in [1.807, 2.05) is 0 Å². The van der Waals surface area contributed by atoms with Crippen LogP contribution in [0.5, 0.6) is 0 Å². The molecular formula is C15H28O2. The molecule has 17 heavy (non-hydrogen) atoms. The Kier molecular flexibility index (Phi) is 8.83. The maximum atomic E-state index is 11.4. The summed E-state index contributed by atoms with van der Waals surface area (Å²) in [6.45, 7) is 9.95. The van der Waals surface area contributed by atoms with E-state index in [1.54, 1.807) is 0 Å². The summed E-state index contributed by atoms with van der Waals surface area (Å²) in [4.78, 5) is 11.4. The average molecular weight is 240 g/mol. The highest BCUT2D eigenvalue weighted by molar-refractivity contribution is 5.81. The summed E-state index contributed by atoms with van der Waals surface area (Å²) in [5.41, 5.74) is -0.254. The number of carbonyl (C=O) groups is 1. The van der Waals surface area contributed by atoms with Crippen LogP contribution in [0.25, 0.3) is 0 Å². The molecule has 1 unspecified atom stereocenters. The van der Waals surface area contributed by atoms with Gasteiger partial charge in [-0.2, -0.15) is 0 Å². The van der Waals surface area contributed by atoms with Gasteiger partial charge in [0.2, 0.25) is 0 Å². The molecule has 0 bridgehead atoms. The lowest BCUT2D eigenvalue weighted by molar-refractivity contribution is -0.156. The molecule has 1 atom stereocenters. The van der Waals surface area contributed by atoms with E-state index in [0.29, 0.717) is 0 Å². The van der Waals surface area contributed by atoms with Crippen molar-refractivity contribution in [3.8, 4) is 0 Å². The lowest BCUT2D eigenvalue weighted by Crippen LogP contribution is -2.34. The average Bonchev–Trinajstić information content (AvgIpc) is 2.35. The van der Waals surface area contributed by atoms with Crippen molar-refractivity contribution in [1.82, 2.24) is 0 Å². The molecule has 0 saturated heterocycles. The second kappa shape index (κ2) is 9.26. The van der Waals surface area contributed by atoms with Crippen molar-refractivity contribution >= 4 is 5.97 Å². The highest BCUT2D eigenvalue weighted by Gasteiger charge is 2.30. The molecule has 2 nitrogen and oxygen atoms in total. The van der Waals surface area contributed by atoms with E-state index >= 15 is 0 Å². The van der Waals surface area contributed by atoms with Gasteiger partial charge >= 0.3 is 5.97 Å². The molecule has 100 valence electrons. The zero-order valence-corrected chi connectivity index (χ0v) is 11.8. The Morgan fingerprint density at radius 1 is 1.12 bits per heavy atom. The lowest BCUT2D eigenvalue weighted by Gasteiger charge is -2.32. The fraction of sp³-hybridized carbons (Fsp3) is 0.800. The fourth-order valence-corrected chi connectivity index (χ4v) is 2.10. The molecule has 0 aromatic carbocycles. The predicted molar refractivity (Wildman–Crippen MR) is 73.0 cm³/mol. The van der Waals surface area contributed by atoms with Gasteiger partial charge in [0.15, 0.2) is 0 Å². The van der Waals surface area contributed by atoms with Gasteiger partial charge in [-0.25, -0.2) is 4.79 Å². The summed E-state index contributed by atoms with van der Waals surface area (Å²) >= 11 is 0. The van der Waals surface area contributed by atoms with Crippen LogP contribution in [0.1, 0.15) is 72.1 Å². The van der Waals surface area contributed by atoms with E-state index < -0.39 is 0 Å². The van der Waals surface area contributed by atoms with Crippen LogP contribution in [0.15, 0.2) is 12.7 Å². The molecule has 0 aliphatic rings. The maximum absolute atomic E-state index is 11.4. The Balaban J connectivity index is 4.48. The van der Waals surface area contributed by atoms with Crippen molar-refractivity contribution in [3.05, 3.63) is 12.7 Å². The lowest BCUT2D eigenvalue weighted by atomic mass is 9.88. The molecule has 0 aromatic rings. The first-order chi connectivity index (χ1) is 8.14. The molecular weight excluding hydrogens is 212 g/mol. The Morgan fingerprint density at radius 3 is 2.18 bits per heavy atom. The zero-order chi connectivity index (χ0) is 13.1. The first-order valence-electron chi connectivity index (χ1n) is 6.99. The molecule has 0 radical (unpaired) electrons. The summed E-state index contributed by atoms with van der Waals surface area (Å²) in [7, 11) is 0. The van der Waals surface area contributed by atoms with Crippen molar-refractivity contribution in [3.63, 3.8) is 0 Å². The number of unbranched alkanes of at least 4 members (excludes halogenated alkanes) is 3. The van der Waals surface area contributed by atoms with Gasteiger partial charge in [0.05, 0.1) is 0 Å². The van der Waals surface area contributed by atoms with Gasteiger partial charge in [0, 0.05) is 6.08 Å². The Morgan fingerprint density at radius 2 is 1.71 bits per heavy atom. The van der Waals surface area contributed by atoms with Gasteiger partial charge in [0.25, 0.3) is 0 Å². The summed E-state index contributed by atoms with van der Waals surface area (Å²) in [6, 6.07) is 0. The van der Waals surface area contributed by atoms with E-state index in [2.05, 4.69) is 27.4 Å². The topological polar surface area (TPSA) is 26.3 Å². The van der Waals surface area contributed by atoms with Gasteiger partial charge < -0.3 is 4.74 Å². The largest absolute Gasteiger partial charge is 0.456 e. The highest BCUT2D eigenvalue weighted by atomic mass is 16.6. The van der Waals surface area contributed by atoms with Crippen molar-refractivity contribution in [1.29, 1.82) is 0 Å². The first-order valence-corrected chi connectivity index (χ1v) is 6.99. The van der Waals surface area contributed by atoms with Gasteiger partial charge in [-0.3, -0.25) is 0 Å². The molecule has 0 N–H and O–H groups in total. The van der Waals surface area contributed by atoms with E-state index in [9.17, 15) is 4.79 Å². The fourth-order valence-electron chi connectivity index (χ4n) is 2.10. The van der Waals surface area contributed by atoms with Gasteiger partial charge in [-0.05, 0) is 32.1 Å². The number of hydrogen-bond donors (Lipinski definition) is 0. The molecule has 0 rings (SSSR count). The van der Waals surface area contributed by atoms with Gasteiger partial charge in [0.1, 0.15) is 5.60 Å². The number of ether oxygens (including phenoxy) is 1. The van der Waals surface area contributed by atoms with Crippen LogP contribution in [-0.2, 0) is 9.53 Å². The summed E-state index contributed by atoms with van der Waals surface area (Å²) < 4.78 is 5.63. The van der Waals surface area contributed by atoms with Crippen molar-refractivity contribution in [2.24, 2.45) is 0 Å². The molecule has 0 fully saturated rings. The van der Waals surface area contributed by atoms with Crippen LogP contribution in [0.2, 0.25) is 0 Å². The quantitative estimate of drug-likeness (QED) is 0.316. The molecule has 2 heteroatoms. The number of esters is 1.